The number of anilines is 1. The Labute approximate surface area is 156 Å². The lowest BCUT2D eigenvalue weighted by Crippen LogP contribution is -2.38. The summed E-state index contributed by atoms with van der Waals surface area (Å²) in [5, 5.41) is 5.78. The quantitative estimate of drug-likeness (QED) is 0.821. The number of nitrogens with zero attached hydrogens (tertiary/aromatic N) is 2. The molecule has 0 saturated carbocycles. The summed E-state index contributed by atoms with van der Waals surface area (Å²) in [6.45, 7) is 7.66. The Balaban J connectivity index is 1.53. The van der Waals surface area contributed by atoms with Crippen molar-refractivity contribution in [3.63, 3.8) is 0 Å². The average molecular weight is 371 g/mol. The van der Waals surface area contributed by atoms with Crippen LogP contribution in [0.3, 0.4) is 0 Å². The van der Waals surface area contributed by atoms with Crippen LogP contribution in [0.5, 0.6) is 0 Å². The summed E-state index contributed by atoms with van der Waals surface area (Å²) in [5.74, 6) is 0.875. The molecule has 1 N–H and O–H groups in total. The highest BCUT2D eigenvalue weighted by Crippen LogP contribution is 2.33. The minimum absolute atomic E-state index is 0.209. The molecule has 1 saturated heterocycles. The molecule has 2 aromatic rings. The van der Waals surface area contributed by atoms with Gasteiger partial charge in [-0.15, -0.1) is 11.3 Å². The molecule has 2 aliphatic rings. The van der Waals surface area contributed by atoms with Crippen LogP contribution in [-0.4, -0.2) is 28.9 Å². The number of halogens is 1. The number of rotatable bonds is 3. The number of aromatic nitrogens is 1. The van der Waals surface area contributed by atoms with Crippen LogP contribution in [-0.2, 0) is 11.3 Å². The molecule has 136 valence electrons. The number of piperidine rings is 1. The number of amides is 1. The van der Waals surface area contributed by atoms with E-state index in [4.69, 9.17) is 0 Å². The molecule has 0 bridgehead atoms. The zero-order chi connectivity index (χ0) is 18.3. The van der Waals surface area contributed by atoms with Gasteiger partial charge in [-0.2, -0.15) is 0 Å². The number of hydrogen-bond acceptors (Lipinski definition) is 4. The molecule has 1 amide bonds. The Morgan fingerprint density at radius 2 is 2.12 bits per heavy atom. The Bertz CT molecular complexity index is 866. The van der Waals surface area contributed by atoms with E-state index in [-0.39, 0.29) is 11.7 Å². The highest BCUT2D eigenvalue weighted by Gasteiger charge is 2.25. The number of benzene rings is 1. The third-order valence-corrected chi connectivity index (χ3v) is 5.78. The van der Waals surface area contributed by atoms with E-state index in [1.54, 1.807) is 23.5 Å². The number of thiazole rings is 1. The van der Waals surface area contributed by atoms with Gasteiger partial charge >= 0.3 is 0 Å². The minimum Gasteiger partial charge on any atom is -0.321 e. The second-order valence-corrected chi connectivity index (χ2v) is 8.45. The highest BCUT2D eigenvalue weighted by atomic mass is 32.1. The zero-order valence-corrected chi connectivity index (χ0v) is 15.8. The SMILES string of the molecule is CC1CC(C)CN(Cc2nc(/C=C3\C(=O)Nc4ccc(F)cc43)cs2)C1. The van der Waals surface area contributed by atoms with Gasteiger partial charge in [0.15, 0.2) is 0 Å². The average Bonchev–Trinajstić information content (AvgIpc) is 3.12. The molecule has 4 nitrogen and oxygen atoms in total. The van der Waals surface area contributed by atoms with E-state index in [2.05, 4.69) is 29.0 Å². The van der Waals surface area contributed by atoms with Crippen LogP contribution < -0.4 is 5.32 Å². The van der Waals surface area contributed by atoms with Crippen molar-refractivity contribution in [1.82, 2.24) is 9.88 Å². The maximum Gasteiger partial charge on any atom is 0.256 e. The molecule has 0 aliphatic carbocycles. The summed E-state index contributed by atoms with van der Waals surface area (Å²) in [7, 11) is 0. The van der Waals surface area contributed by atoms with Crippen LogP contribution in [0.1, 0.15) is 36.5 Å². The van der Waals surface area contributed by atoms with Crippen LogP contribution in [0, 0.1) is 17.7 Å². The van der Waals surface area contributed by atoms with E-state index in [1.807, 2.05) is 5.38 Å². The van der Waals surface area contributed by atoms with Gasteiger partial charge in [0, 0.05) is 29.7 Å². The molecule has 0 spiro atoms. The first kappa shape index (κ1) is 17.4. The number of fused-ring (bicyclic) bond motifs is 1. The Morgan fingerprint density at radius 1 is 1.35 bits per heavy atom. The molecule has 2 atom stereocenters. The van der Waals surface area contributed by atoms with Crippen molar-refractivity contribution in [3.05, 3.63) is 45.7 Å². The predicted molar refractivity (Wildman–Crippen MR) is 103 cm³/mol. The topological polar surface area (TPSA) is 45.2 Å². The van der Waals surface area contributed by atoms with Crippen molar-refractivity contribution in [3.8, 4) is 0 Å². The predicted octanol–water partition coefficient (Wildman–Crippen LogP) is 4.25. The molecule has 2 aliphatic heterocycles. The van der Waals surface area contributed by atoms with Gasteiger partial charge in [0.2, 0.25) is 0 Å². The van der Waals surface area contributed by atoms with Gasteiger partial charge in [0.1, 0.15) is 10.8 Å². The van der Waals surface area contributed by atoms with Crippen LogP contribution in [0.2, 0.25) is 0 Å². The lowest BCUT2D eigenvalue weighted by molar-refractivity contribution is -0.110. The van der Waals surface area contributed by atoms with Crippen molar-refractivity contribution < 1.29 is 9.18 Å². The number of hydrogen-bond donors (Lipinski definition) is 1. The maximum atomic E-state index is 13.5. The largest absolute Gasteiger partial charge is 0.321 e. The van der Waals surface area contributed by atoms with Crippen molar-refractivity contribution in [1.29, 1.82) is 0 Å². The fraction of sp³-hybridized carbons (Fsp3) is 0.400. The molecule has 1 aromatic carbocycles. The Kier molecular flexibility index (Phi) is 4.63. The maximum absolute atomic E-state index is 13.5. The van der Waals surface area contributed by atoms with E-state index in [9.17, 15) is 9.18 Å². The number of carbonyl (C=O) groups is 1. The summed E-state index contributed by atoms with van der Waals surface area (Å²) < 4.78 is 13.5. The summed E-state index contributed by atoms with van der Waals surface area (Å²) in [4.78, 5) is 19.3. The second-order valence-electron chi connectivity index (χ2n) is 7.51. The monoisotopic (exact) mass is 371 g/mol. The lowest BCUT2D eigenvalue weighted by Gasteiger charge is -2.34. The summed E-state index contributed by atoms with van der Waals surface area (Å²) in [5.41, 5.74) is 2.47. The van der Waals surface area contributed by atoms with E-state index in [1.165, 1.54) is 18.6 Å². The van der Waals surface area contributed by atoms with Crippen LogP contribution in [0.25, 0.3) is 11.6 Å². The van der Waals surface area contributed by atoms with Crippen molar-refractivity contribution >= 4 is 34.6 Å². The molecular formula is C20H22FN3OS. The van der Waals surface area contributed by atoms with Gasteiger partial charge in [-0.25, -0.2) is 9.37 Å². The minimum atomic E-state index is -0.349. The standard InChI is InChI=1S/C20H22FN3OS/c1-12-5-13(2)9-24(8-12)10-19-22-15(11-26-19)7-17-16-6-14(21)3-4-18(16)23-20(17)25/h3-4,6-7,11-13H,5,8-10H2,1-2H3,(H,23,25)/b17-7-. The van der Waals surface area contributed by atoms with Gasteiger partial charge < -0.3 is 5.32 Å². The van der Waals surface area contributed by atoms with Crippen molar-refractivity contribution in [2.24, 2.45) is 11.8 Å². The second kappa shape index (κ2) is 6.93. The molecule has 26 heavy (non-hydrogen) atoms. The first-order valence-electron chi connectivity index (χ1n) is 8.97. The first-order valence-corrected chi connectivity index (χ1v) is 9.85. The van der Waals surface area contributed by atoms with Crippen molar-refractivity contribution in [2.45, 2.75) is 26.8 Å². The molecular weight excluding hydrogens is 349 g/mol. The van der Waals surface area contributed by atoms with Crippen LogP contribution in [0.15, 0.2) is 23.6 Å². The number of carbonyl (C=O) groups excluding carboxylic acids is 1. The van der Waals surface area contributed by atoms with E-state index < -0.39 is 0 Å². The highest BCUT2D eigenvalue weighted by molar-refractivity contribution is 7.09. The third kappa shape index (κ3) is 3.57. The summed E-state index contributed by atoms with van der Waals surface area (Å²) >= 11 is 1.61. The molecule has 6 heteroatoms. The fourth-order valence-electron chi connectivity index (χ4n) is 4.03. The number of likely N-dealkylation sites (tertiary alicyclic amines) is 1. The normalized spacial score (nSPS) is 24.7. The zero-order valence-electron chi connectivity index (χ0n) is 15.0. The summed E-state index contributed by atoms with van der Waals surface area (Å²) in [6, 6.07) is 4.33. The van der Waals surface area contributed by atoms with Gasteiger partial charge in [-0.3, -0.25) is 9.69 Å². The molecule has 3 heterocycles. The van der Waals surface area contributed by atoms with E-state index in [0.717, 1.165) is 30.3 Å². The third-order valence-electron chi connectivity index (χ3n) is 4.93. The van der Waals surface area contributed by atoms with Crippen LogP contribution in [0.4, 0.5) is 10.1 Å². The Morgan fingerprint density at radius 3 is 2.88 bits per heavy atom. The van der Waals surface area contributed by atoms with Gasteiger partial charge in [0.25, 0.3) is 5.91 Å². The fourth-order valence-corrected chi connectivity index (χ4v) is 4.82. The molecule has 0 radical (unpaired) electrons. The van der Waals surface area contributed by atoms with Gasteiger partial charge in [-0.1, -0.05) is 13.8 Å². The summed E-state index contributed by atoms with van der Waals surface area (Å²) in [6.07, 6.45) is 3.04. The molecule has 4 rings (SSSR count). The Hall–Kier alpha value is -2.05. The van der Waals surface area contributed by atoms with E-state index in [0.29, 0.717) is 28.7 Å². The molecule has 1 fully saturated rings. The smallest absolute Gasteiger partial charge is 0.256 e. The lowest BCUT2D eigenvalue weighted by atomic mass is 9.92. The first-order chi connectivity index (χ1) is 12.5. The molecule has 1 aromatic heterocycles. The number of nitrogens with one attached hydrogen (secondary N) is 1. The van der Waals surface area contributed by atoms with Gasteiger partial charge in [0.05, 0.1) is 17.8 Å². The molecule has 2 unspecified atom stereocenters. The van der Waals surface area contributed by atoms with Crippen molar-refractivity contribution in [2.75, 3.05) is 18.4 Å². The van der Waals surface area contributed by atoms with Crippen LogP contribution >= 0.6 is 11.3 Å². The van der Waals surface area contributed by atoms with Gasteiger partial charge in [-0.05, 0) is 42.5 Å². The van der Waals surface area contributed by atoms with E-state index >= 15 is 0 Å².